The highest BCUT2D eigenvalue weighted by molar-refractivity contribution is 5.73. The molecule has 2 rings (SSSR count). The molecule has 2 atom stereocenters. The number of aliphatic imine (C=N–C) groups is 1. The van der Waals surface area contributed by atoms with E-state index in [9.17, 15) is 9.18 Å². The lowest BCUT2D eigenvalue weighted by molar-refractivity contribution is -0.785. The monoisotopic (exact) mass is 302 g/mol. The van der Waals surface area contributed by atoms with Gasteiger partial charge in [0.25, 0.3) is 0 Å². The number of amides is 1. The zero-order valence-corrected chi connectivity index (χ0v) is 12.4. The zero-order chi connectivity index (χ0) is 16.3. The van der Waals surface area contributed by atoms with Crippen LogP contribution in [0.3, 0.4) is 0 Å². The van der Waals surface area contributed by atoms with E-state index in [0.717, 1.165) is 5.70 Å². The van der Waals surface area contributed by atoms with E-state index in [0.29, 0.717) is 12.0 Å². The Bertz CT molecular complexity index is 702. The molecule has 1 heterocycles. The number of carbonyl (C=O) groups is 1. The van der Waals surface area contributed by atoms with Gasteiger partial charge in [-0.05, 0) is 17.7 Å². The molecule has 3 N–H and O–H groups in total. The first-order valence-electron chi connectivity index (χ1n) is 6.69. The molecule has 0 saturated carbocycles. The third-order valence-corrected chi connectivity index (χ3v) is 3.46. The molecule has 0 aromatic heterocycles. The third kappa shape index (κ3) is 3.36. The fourth-order valence-electron chi connectivity index (χ4n) is 2.25. The summed E-state index contributed by atoms with van der Waals surface area (Å²) in [4.78, 5) is 15.4. The maximum absolute atomic E-state index is 13.8. The molecule has 22 heavy (non-hydrogen) atoms. The van der Waals surface area contributed by atoms with Crippen LogP contribution in [0, 0.1) is 17.1 Å². The van der Waals surface area contributed by atoms with E-state index in [4.69, 9.17) is 11.1 Å². The van der Waals surface area contributed by atoms with E-state index in [1.807, 2.05) is 0 Å². The number of carbonyl (C=O) groups excluding carboxylic acids is 1. The molecular formula is C15H17FN5O+. The summed E-state index contributed by atoms with van der Waals surface area (Å²) in [5.74, 6) is 5.20. The average Bonchev–Trinajstić information content (AvgIpc) is 2.76. The molecule has 1 amide bonds. The van der Waals surface area contributed by atoms with Crippen LogP contribution < -0.4 is 11.2 Å². The topological polar surface area (TPSA) is 91.3 Å². The molecule has 0 saturated heterocycles. The highest BCUT2D eigenvalue weighted by Gasteiger charge is 2.30. The predicted octanol–water partition coefficient (Wildman–Crippen LogP) is 1.47. The van der Waals surface area contributed by atoms with Gasteiger partial charge in [0.15, 0.2) is 5.70 Å². The Morgan fingerprint density at radius 2 is 2.32 bits per heavy atom. The number of halogens is 1. The van der Waals surface area contributed by atoms with Crippen molar-refractivity contribution >= 4 is 12.2 Å². The number of nitrogens with two attached hydrogens (primary N) is 1. The van der Waals surface area contributed by atoms with Crippen LogP contribution in [0.1, 0.15) is 30.5 Å². The van der Waals surface area contributed by atoms with Crippen LogP contribution in [0.5, 0.6) is 0 Å². The van der Waals surface area contributed by atoms with Crippen LogP contribution in [-0.4, -0.2) is 23.9 Å². The minimum absolute atomic E-state index is 0.00511. The van der Waals surface area contributed by atoms with Gasteiger partial charge in [-0.25, -0.2) is 9.38 Å². The summed E-state index contributed by atoms with van der Waals surface area (Å²) in [7, 11) is 1.76. The number of quaternary nitrogens is 1. The van der Waals surface area contributed by atoms with Crippen molar-refractivity contribution in [2.24, 2.45) is 10.8 Å². The average molecular weight is 302 g/mol. The molecule has 6 nitrogen and oxygen atoms in total. The second kappa shape index (κ2) is 6.05. The van der Waals surface area contributed by atoms with Gasteiger partial charge in [-0.1, -0.05) is 6.07 Å². The van der Waals surface area contributed by atoms with Gasteiger partial charge in [0.1, 0.15) is 11.9 Å². The van der Waals surface area contributed by atoms with E-state index in [-0.39, 0.29) is 16.1 Å². The normalized spacial score (nSPS) is 21.1. The van der Waals surface area contributed by atoms with Gasteiger partial charge in [0.2, 0.25) is 12.2 Å². The first-order chi connectivity index (χ1) is 10.3. The van der Waals surface area contributed by atoms with Gasteiger partial charge in [-0.2, -0.15) is 15.7 Å². The number of benzene rings is 1. The molecule has 1 aromatic carbocycles. The van der Waals surface area contributed by atoms with E-state index >= 15 is 0 Å². The highest BCUT2D eigenvalue weighted by atomic mass is 19.1. The van der Waals surface area contributed by atoms with Crippen molar-refractivity contribution in [2.45, 2.75) is 19.4 Å². The van der Waals surface area contributed by atoms with Gasteiger partial charge in [-0.3, -0.25) is 4.79 Å². The Kier molecular flexibility index (Phi) is 4.35. The van der Waals surface area contributed by atoms with Crippen LogP contribution in [0.25, 0.3) is 0 Å². The van der Waals surface area contributed by atoms with Gasteiger partial charge in [-0.15, -0.1) is 0 Å². The Balaban J connectivity index is 2.29. The van der Waals surface area contributed by atoms with Crippen LogP contribution in [0.2, 0.25) is 0 Å². The van der Waals surface area contributed by atoms with Gasteiger partial charge in [0, 0.05) is 6.92 Å². The fraction of sp³-hybridized carbons (Fsp3) is 0.267. The maximum Gasteiger partial charge on any atom is 0.217 e. The smallest absolute Gasteiger partial charge is 0.217 e. The number of nitrogens with zero attached hydrogens (tertiary/aromatic N) is 3. The molecule has 7 heteroatoms. The highest BCUT2D eigenvalue weighted by Crippen LogP contribution is 2.27. The molecule has 1 aliphatic heterocycles. The number of hydrogen-bond donors (Lipinski definition) is 2. The Morgan fingerprint density at radius 1 is 1.59 bits per heavy atom. The van der Waals surface area contributed by atoms with Crippen molar-refractivity contribution in [1.82, 2.24) is 5.32 Å². The standard InChI is InChI=1S/C15H16FN5O/c1-10(22)20-15(6-13-8-19-9-21(13,2)18)11-3-4-12(7-17)14(16)5-11/h3-5,8-9,15H,6,18H2,1-2H3/p+1. The number of hydrogen-bond acceptors (Lipinski definition) is 4. The van der Waals surface area contributed by atoms with Crippen LogP contribution in [0.15, 0.2) is 35.1 Å². The van der Waals surface area contributed by atoms with Crippen molar-refractivity contribution in [1.29, 1.82) is 5.26 Å². The minimum Gasteiger partial charge on any atom is -0.349 e. The zero-order valence-electron chi connectivity index (χ0n) is 12.4. The van der Waals surface area contributed by atoms with Crippen molar-refractivity contribution in [3.8, 4) is 6.07 Å². The predicted molar refractivity (Wildman–Crippen MR) is 79.2 cm³/mol. The second-order valence-corrected chi connectivity index (χ2v) is 5.34. The van der Waals surface area contributed by atoms with E-state index in [2.05, 4.69) is 10.3 Å². The summed E-state index contributed by atoms with van der Waals surface area (Å²) in [5.41, 5.74) is 1.32. The van der Waals surface area contributed by atoms with Crippen molar-refractivity contribution in [3.63, 3.8) is 0 Å². The summed E-state index contributed by atoms with van der Waals surface area (Å²) >= 11 is 0. The van der Waals surface area contributed by atoms with Crippen LogP contribution in [-0.2, 0) is 4.79 Å². The quantitative estimate of drug-likeness (QED) is 0.651. The molecule has 0 bridgehead atoms. The summed E-state index contributed by atoms with van der Waals surface area (Å²) < 4.78 is 13.8. The first kappa shape index (κ1) is 15.8. The summed E-state index contributed by atoms with van der Waals surface area (Å²) in [5, 5.41) is 11.6. The van der Waals surface area contributed by atoms with Gasteiger partial charge in [0.05, 0.1) is 31.3 Å². The Labute approximate surface area is 127 Å². The number of nitrogens with one attached hydrogen (secondary N) is 1. The minimum atomic E-state index is -0.614. The molecule has 0 fully saturated rings. The molecule has 2 unspecified atom stereocenters. The van der Waals surface area contributed by atoms with Crippen LogP contribution in [0.4, 0.5) is 4.39 Å². The van der Waals surface area contributed by atoms with Crippen molar-refractivity contribution in [2.75, 3.05) is 7.05 Å². The molecule has 1 aliphatic rings. The third-order valence-electron chi connectivity index (χ3n) is 3.46. The molecule has 1 aromatic rings. The van der Waals surface area contributed by atoms with Crippen molar-refractivity contribution < 1.29 is 13.8 Å². The lowest BCUT2D eigenvalue weighted by atomic mass is 10.00. The summed E-state index contributed by atoms with van der Waals surface area (Å²) in [6.07, 6.45) is 3.59. The Morgan fingerprint density at radius 3 is 2.82 bits per heavy atom. The lowest BCUT2D eigenvalue weighted by Gasteiger charge is -2.25. The molecule has 114 valence electrons. The largest absolute Gasteiger partial charge is 0.349 e. The number of rotatable bonds is 4. The summed E-state index contributed by atoms with van der Waals surface area (Å²) in [6.45, 7) is 1.39. The molecule has 0 radical (unpaired) electrons. The molecule has 0 aliphatic carbocycles. The van der Waals surface area contributed by atoms with Crippen LogP contribution >= 0.6 is 0 Å². The fourth-order valence-corrected chi connectivity index (χ4v) is 2.25. The SMILES string of the molecule is CC(=O)NC(CC1=CN=C[N+]1(C)N)c1ccc(C#N)c(F)c1. The molecule has 0 spiro atoms. The van der Waals surface area contributed by atoms with Crippen molar-refractivity contribution in [3.05, 3.63) is 47.0 Å². The van der Waals surface area contributed by atoms with E-state index in [1.165, 1.54) is 19.1 Å². The maximum atomic E-state index is 13.8. The number of nitriles is 1. The van der Waals surface area contributed by atoms with Gasteiger partial charge >= 0.3 is 0 Å². The van der Waals surface area contributed by atoms with Gasteiger partial charge < -0.3 is 5.32 Å². The second-order valence-electron chi connectivity index (χ2n) is 5.34. The molecular weight excluding hydrogens is 285 g/mol. The van der Waals surface area contributed by atoms with E-state index < -0.39 is 11.9 Å². The summed E-state index contributed by atoms with van der Waals surface area (Å²) in [6, 6.07) is 5.60. The lowest BCUT2D eigenvalue weighted by Crippen LogP contribution is -2.47. The first-order valence-corrected chi connectivity index (χ1v) is 6.69. The Hall–Kier alpha value is -2.56. The van der Waals surface area contributed by atoms with E-state index in [1.54, 1.807) is 31.7 Å².